The summed E-state index contributed by atoms with van der Waals surface area (Å²) >= 11 is 0. The van der Waals surface area contributed by atoms with E-state index in [9.17, 15) is 18.0 Å². The van der Waals surface area contributed by atoms with E-state index >= 15 is 0 Å². The molecule has 0 aromatic heterocycles. The average molecular weight is 265 g/mol. The molecule has 1 saturated heterocycles. The maximum Gasteiger partial charge on any atom is 0.415 e. The quantitative estimate of drug-likeness (QED) is 0.760. The highest BCUT2D eigenvalue weighted by atomic mass is 19.4. The van der Waals surface area contributed by atoms with Gasteiger partial charge < -0.3 is 10.6 Å². The smallest absolute Gasteiger partial charge is 0.338 e. The van der Waals surface area contributed by atoms with Crippen molar-refractivity contribution in [1.82, 2.24) is 9.80 Å². The Kier molecular flexibility index (Phi) is 4.39. The molecule has 2 N–H and O–H groups in total. The third-order valence-corrected chi connectivity index (χ3v) is 3.08. The van der Waals surface area contributed by atoms with E-state index in [0.717, 1.165) is 0 Å². The lowest BCUT2D eigenvalue weighted by atomic mass is 10.0. The average Bonchev–Trinajstić information content (AvgIpc) is 2.28. The van der Waals surface area contributed by atoms with Crippen LogP contribution in [0, 0.1) is 0 Å². The molecule has 1 atom stereocenters. The second-order valence-corrected chi connectivity index (χ2v) is 4.58. The Morgan fingerprint density at radius 3 is 2.22 bits per heavy atom. The minimum atomic E-state index is -4.73. The lowest BCUT2D eigenvalue weighted by molar-refractivity contribution is -0.194. The van der Waals surface area contributed by atoms with Crippen LogP contribution in [-0.4, -0.2) is 60.1 Å². The largest absolute Gasteiger partial charge is 0.415 e. The molecule has 0 saturated carbocycles. The number of hydrogen-bond acceptors (Lipinski definition) is 3. The van der Waals surface area contributed by atoms with Crippen molar-refractivity contribution in [3.05, 3.63) is 12.7 Å². The van der Waals surface area contributed by atoms with Crippen molar-refractivity contribution < 1.29 is 18.0 Å². The molecular formula is C11H18F3N3O. The van der Waals surface area contributed by atoms with E-state index < -0.39 is 17.6 Å². The highest BCUT2D eigenvalue weighted by Gasteiger charge is 2.55. The van der Waals surface area contributed by atoms with Crippen LogP contribution in [0.15, 0.2) is 12.7 Å². The molecule has 1 aliphatic rings. The van der Waals surface area contributed by atoms with Crippen LogP contribution in [-0.2, 0) is 4.79 Å². The maximum atomic E-state index is 12.6. The van der Waals surface area contributed by atoms with Crippen LogP contribution in [0.4, 0.5) is 13.2 Å². The molecule has 1 fully saturated rings. The summed E-state index contributed by atoms with van der Waals surface area (Å²) in [5.41, 5.74) is 2.30. The fourth-order valence-electron chi connectivity index (χ4n) is 1.77. The van der Waals surface area contributed by atoms with E-state index in [1.54, 1.807) is 6.08 Å². The molecule has 1 aliphatic heterocycles. The number of amides is 1. The second kappa shape index (κ2) is 5.27. The predicted molar refractivity (Wildman–Crippen MR) is 61.9 cm³/mol. The van der Waals surface area contributed by atoms with Crippen LogP contribution in [0.1, 0.15) is 6.92 Å². The third kappa shape index (κ3) is 3.02. The number of carbonyl (C=O) groups is 1. The standard InChI is InChI=1S/C11H18F3N3O/c1-3-4-16-5-7-17(8-6-16)9(18)10(2,15)11(12,13)14/h3H,1,4-8,15H2,2H3. The van der Waals surface area contributed by atoms with Gasteiger partial charge >= 0.3 is 6.18 Å². The second-order valence-electron chi connectivity index (χ2n) is 4.58. The number of piperazine rings is 1. The fourth-order valence-corrected chi connectivity index (χ4v) is 1.77. The van der Waals surface area contributed by atoms with E-state index in [2.05, 4.69) is 6.58 Å². The van der Waals surface area contributed by atoms with Gasteiger partial charge in [-0.05, 0) is 6.92 Å². The number of hydrogen-bond donors (Lipinski definition) is 1. The number of alkyl halides is 3. The summed E-state index contributed by atoms with van der Waals surface area (Å²) in [6.07, 6.45) is -3.01. The zero-order valence-corrected chi connectivity index (χ0v) is 10.3. The third-order valence-electron chi connectivity index (χ3n) is 3.08. The molecule has 0 radical (unpaired) electrons. The van der Waals surface area contributed by atoms with Gasteiger partial charge in [0.15, 0.2) is 5.54 Å². The van der Waals surface area contributed by atoms with Gasteiger partial charge in [-0.25, -0.2) is 0 Å². The Bertz CT molecular complexity index is 320. The Hall–Kier alpha value is -1.08. The molecule has 1 rings (SSSR count). The summed E-state index contributed by atoms with van der Waals surface area (Å²) in [7, 11) is 0. The molecular weight excluding hydrogens is 247 g/mol. The van der Waals surface area contributed by atoms with Crippen molar-refractivity contribution in [2.75, 3.05) is 32.7 Å². The van der Waals surface area contributed by atoms with Gasteiger partial charge in [0.2, 0.25) is 0 Å². The Morgan fingerprint density at radius 2 is 1.83 bits per heavy atom. The van der Waals surface area contributed by atoms with Crippen molar-refractivity contribution in [3.63, 3.8) is 0 Å². The molecule has 1 unspecified atom stereocenters. The van der Waals surface area contributed by atoms with Gasteiger partial charge in [0, 0.05) is 32.7 Å². The van der Waals surface area contributed by atoms with Gasteiger partial charge in [-0.15, -0.1) is 6.58 Å². The summed E-state index contributed by atoms with van der Waals surface area (Å²) in [6.45, 7) is 6.56. The minimum absolute atomic E-state index is 0.259. The number of nitrogens with two attached hydrogens (primary N) is 1. The predicted octanol–water partition coefficient (Wildman–Crippen LogP) is 0.596. The Morgan fingerprint density at radius 1 is 1.33 bits per heavy atom. The van der Waals surface area contributed by atoms with Crippen LogP contribution in [0.25, 0.3) is 0 Å². The number of halogens is 3. The zero-order chi connectivity index (χ0) is 14.0. The number of nitrogens with zero attached hydrogens (tertiary/aromatic N) is 2. The highest BCUT2D eigenvalue weighted by molar-refractivity contribution is 5.86. The van der Waals surface area contributed by atoms with Gasteiger partial charge in [-0.1, -0.05) is 6.08 Å². The molecule has 104 valence electrons. The van der Waals surface area contributed by atoms with Gasteiger partial charge in [0.25, 0.3) is 5.91 Å². The topological polar surface area (TPSA) is 49.6 Å². The summed E-state index contributed by atoms with van der Waals surface area (Å²) in [6, 6.07) is 0. The lowest BCUT2D eigenvalue weighted by Gasteiger charge is -2.38. The van der Waals surface area contributed by atoms with E-state index in [-0.39, 0.29) is 13.1 Å². The van der Waals surface area contributed by atoms with Crippen molar-refractivity contribution in [2.45, 2.75) is 18.6 Å². The first kappa shape index (κ1) is 15.0. The van der Waals surface area contributed by atoms with Crippen LogP contribution in [0.3, 0.4) is 0 Å². The van der Waals surface area contributed by atoms with Gasteiger partial charge in [-0.2, -0.15) is 13.2 Å². The molecule has 0 spiro atoms. The van der Waals surface area contributed by atoms with E-state index in [0.29, 0.717) is 26.6 Å². The Balaban J connectivity index is 2.63. The maximum absolute atomic E-state index is 12.6. The van der Waals surface area contributed by atoms with E-state index in [4.69, 9.17) is 5.73 Å². The number of rotatable bonds is 3. The SMILES string of the molecule is C=CCN1CCN(C(=O)C(C)(N)C(F)(F)F)CC1. The summed E-state index contributed by atoms with van der Waals surface area (Å²) in [5, 5.41) is 0. The highest BCUT2D eigenvalue weighted by Crippen LogP contribution is 2.29. The molecule has 4 nitrogen and oxygen atoms in total. The molecule has 0 bridgehead atoms. The fraction of sp³-hybridized carbons (Fsp3) is 0.727. The summed E-state index contributed by atoms with van der Waals surface area (Å²) < 4.78 is 37.9. The molecule has 0 aliphatic carbocycles. The molecule has 7 heteroatoms. The zero-order valence-electron chi connectivity index (χ0n) is 10.3. The van der Waals surface area contributed by atoms with Crippen molar-refractivity contribution in [3.8, 4) is 0 Å². The Labute approximate surface area is 104 Å². The normalized spacial score (nSPS) is 21.5. The summed E-state index contributed by atoms with van der Waals surface area (Å²) in [4.78, 5) is 15.0. The first-order valence-corrected chi connectivity index (χ1v) is 5.68. The van der Waals surface area contributed by atoms with E-state index in [1.165, 1.54) is 4.90 Å². The minimum Gasteiger partial charge on any atom is -0.338 e. The van der Waals surface area contributed by atoms with Crippen molar-refractivity contribution >= 4 is 5.91 Å². The van der Waals surface area contributed by atoms with Crippen molar-refractivity contribution in [1.29, 1.82) is 0 Å². The van der Waals surface area contributed by atoms with Crippen LogP contribution in [0.2, 0.25) is 0 Å². The van der Waals surface area contributed by atoms with Gasteiger partial charge in [0.1, 0.15) is 0 Å². The van der Waals surface area contributed by atoms with Gasteiger partial charge in [0.05, 0.1) is 0 Å². The van der Waals surface area contributed by atoms with Crippen molar-refractivity contribution in [2.24, 2.45) is 5.73 Å². The van der Waals surface area contributed by atoms with E-state index in [1.807, 2.05) is 4.90 Å². The number of carbonyl (C=O) groups excluding carboxylic acids is 1. The molecule has 1 amide bonds. The first-order valence-electron chi connectivity index (χ1n) is 5.68. The lowest BCUT2D eigenvalue weighted by Crippen LogP contribution is -2.64. The van der Waals surface area contributed by atoms with Crippen LogP contribution >= 0.6 is 0 Å². The molecule has 0 aromatic rings. The first-order chi connectivity index (χ1) is 8.20. The summed E-state index contributed by atoms with van der Waals surface area (Å²) in [5.74, 6) is -1.06. The monoisotopic (exact) mass is 265 g/mol. The van der Waals surface area contributed by atoms with Gasteiger partial charge in [-0.3, -0.25) is 9.69 Å². The van der Waals surface area contributed by atoms with Crippen LogP contribution < -0.4 is 5.73 Å². The molecule has 1 heterocycles. The molecule has 18 heavy (non-hydrogen) atoms. The van der Waals surface area contributed by atoms with Crippen LogP contribution in [0.5, 0.6) is 0 Å². The molecule has 0 aromatic carbocycles.